The zero-order valence-electron chi connectivity index (χ0n) is 18.8. The highest BCUT2D eigenvalue weighted by atomic mass is 19.1. The number of benzene rings is 2. The number of aryl methyl sites for hydroxylation is 1. The summed E-state index contributed by atoms with van der Waals surface area (Å²) in [7, 11) is 0. The molecule has 0 saturated carbocycles. The highest BCUT2D eigenvalue weighted by Gasteiger charge is 2.40. The molecule has 1 N–H and O–H groups in total. The summed E-state index contributed by atoms with van der Waals surface area (Å²) in [6.45, 7) is 4.00. The van der Waals surface area contributed by atoms with Crippen LogP contribution in [0.4, 0.5) is 10.1 Å². The number of nitrogens with one attached hydrogen (secondary N) is 1. The van der Waals surface area contributed by atoms with Crippen molar-refractivity contribution in [1.29, 1.82) is 0 Å². The molecule has 3 aliphatic heterocycles. The van der Waals surface area contributed by atoms with E-state index in [1.807, 2.05) is 30.0 Å². The van der Waals surface area contributed by atoms with Gasteiger partial charge in [0.05, 0.1) is 5.69 Å². The van der Waals surface area contributed by atoms with Crippen LogP contribution in [0.5, 0.6) is 0 Å². The third-order valence-electron chi connectivity index (χ3n) is 6.76. The number of amides is 4. The highest BCUT2D eigenvalue weighted by molar-refractivity contribution is 6.05. The lowest BCUT2D eigenvalue weighted by Crippen LogP contribution is -2.52. The average molecular weight is 464 g/mol. The number of carbonyl (C=O) groups is 4. The first-order chi connectivity index (χ1) is 16.3. The maximum atomic E-state index is 15.0. The number of nitrogens with zero attached hydrogens (tertiary/aromatic N) is 3. The Balaban J connectivity index is 1.29. The number of hydrogen-bond donors (Lipinski definition) is 1. The zero-order chi connectivity index (χ0) is 24.0. The Hall–Kier alpha value is -3.75. The maximum absolute atomic E-state index is 15.0. The van der Waals surface area contributed by atoms with Crippen molar-refractivity contribution >= 4 is 29.3 Å². The van der Waals surface area contributed by atoms with E-state index in [1.165, 1.54) is 11.0 Å². The summed E-state index contributed by atoms with van der Waals surface area (Å²) < 4.78 is 15.0. The van der Waals surface area contributed by atoms with Crippen molar-refractivity contribution in [2.24, 2.45) is 0 Å². The Bertz CT molecular complexity index is 1210. The van der Waals surface area contributed by atoms with Gasteiger partial charge in [-0.1, -0.05) is 17.7 Å². The molecule has 2 saturated heterocycles. The fourth-order valence-corrected chi connectivity index (χ4v) is 4.93. The molecule has 0 radical (unpaired) electrons. The largest absolute Gasteiger partial charge is 0.366 e. The number of piperidine rings is 1. The Kier molecular flexibility index (Phi) is 5.55. The van der Waals surface area contributed by atoms with Gasteiger partial charge in [-0.2, -0.15) is 0 Å². The number of piperazine rings is 1. The van der Waals surface area contributed by atoms with E-state index in [2.05, 4.69) is 5.32 Å². The van der Waals surface area contributed by atoms with Gasteiger partial charge in [0.1, 0.15) is 11.9 Å². The van der Waals surface area contributed by atoms with Crippen LogP contribution < -0.4 is 10.2 Å². The number of halogens is 1. The first-order valence-electron chi connectivity index (χ1n) is 11.4. The van der Waals surface area contributed by atoms with Crippen molar-refractivity contribution in [2.75, 3.05) is 31.1 Å². The van der Waals surface area contributed by atoms with Gasteiger partial charge in [0.15, 0.2) is 0 Å². The van der Waals surface area contributed by atoms with E-state index in [0.29, 0.717) is 43.0 Å². The quantitative estimate of drug-likeness (QED) is 0.701. The summed E-state index contributed by atoms with van der Waals surface area (Å²) in [6, 6.07) is 9.64. The van der Waals surface area contributed by atoms with E-state index in [4.69, 9.17) is 0 Å². The van der Waals surface area contributed by atoms with Gasteiger partial charge in [0.2, 0.25) is 11.8 Å². The number of anilines is 1. The van der Waals surface area contributed by atoms with E-state index in [-0.39, 0.29) is 36.8 Å². The normalized spacial score (nSPS) is 20.5. The van der Waals surface area contributed by atoms with Crippen molar-refractivity contribution < 1.29 is 23.6 Å². The van der Waals surface area contributed by atoms with Crippen LogP contribution >= 0.6 is 0 Å². The summed E-state index contributed by atoms with van der Waals surface area (Å²) in [5.41, 5.74) is 2.96. The second-order valence-corrected chi connectivity index (χ2v) is 9.01. The third-order valence-corrected chi connectivity index (χ3v) is 6.76. The van der Waals surface area contributed by atoms with Gasteiger partial charge in [0.25, 0.3) is 11.8 Å². The molecule has 0 bridgehead atoms. The second kappa shape index (κ2) is 8.55. The predicted octanol–water partition coefficient (Wildman–Crippen LogP) is 1.86. The molecule has 9 heteroatoms. The van der Waals surface area contributed by atoms with Crippen LogP contribution in [-0.4, -0.2) is 65.6 Å². The summed E-state index contributed by atoms with van der Waals surface area (Å²) in [4.78, 5) is 54.4. The molecule has 0 aliphatic carbocycles. The van der Waals surface area contributed by atoms with Crippen molar-refractivity contribution in [1.82, 2.24) is 15.1 Å². The van der Waals surface area contributed by atoms with Gasteiger partial charge in [-0.25, -0.2) is 4.39 Å². The van der Waals surface area contributed by atoms with Crippen molar-refractivity contribution in [2.45, 2.75) is 32.4 Å². The minimum absolute atomic E-state index is 0.0387. The van der Waals surface area contributed by atoms with Gasteiger partial charge in [-0.05, 0) is 43.2 Å². The zero-order valence-corrected chi connectivity index (χ0v) is 18.8. The lowest BCUT2D eigenvalue weighted by Gasteiger charge is -2.36. The smallest absolute Gasteiger partial charge is 0.255 e. The lowest BCUT2D eigenvalue weighted by molar-refractivity contribution is -0.136. The SMILES string of the molecule is Cc1cccc(C(=O)N2CCN(c3cc4c(cc3F)C(=O)N(C3CCC(=O)NC3=O)C4)CC2)c1. The van der Waals surface area contributed by atoms with Crippen molar-refractivity contribution in [3.63, 3.8) is 0 Å². The van der Waals surface area contributed by atoms with Crippen LogP contribution in [0.1, 0.15) is 44.7 Å². The third kappa shape index (κ3) is 3.91. The van der Waals surface area contributed by atoms with E-state index in [1.54, 1.807) is 17.0 Å². The van der Waals surface area contributed by atoms with Gasteiger partial charge < -0.3 is 14.7 Å². The molecule has 2 fully saturated rings. The van der Waals surface area contributed by atoms with Crippen LogP contribution in [-0.2, 0) is 16.1 Å². The van der Waals surface area contributed by atoms with E-state index in [0.717, 1.165) is 5.56 Å². The first-order valence-corrected chi connectivity index (χ1v) is 11.4. The van der Waals surface area contributed by atoms with Crippen molar-refractivity contribution in [3.05, 3.63) is 64.5 Å². The maximum Gasteiger partial charge on any atom is 0.255 e. The van der Waals surface area contributed by atoms with Crippen molar-refractivity contribution in [3.8, 4) is 0 Å². The Morgan fingerprint density at radius 1 is 1.06 bits per heavy atom. The molecule has 1 atom stereocenters. The second-order valence-electron chi connectivity index (χ2n) is 9.01. The monoisotopic (exact) mass is 464 g/mol. The standard InChI is InChI=1S/C25H25FN4O4/c1-15-3-2-4-16(11-15)24(33)29-9-7-28(8-10-29)21-12-17-14-30(25(34)18(17)13-19(21)26)20-5-6-22(31)27-23(20)32/h2-4,11-13,20H,5-10,14H2,1H3,(H,27,31,32). The van der Waals surface area contributed by atoms with Crippen LogP contribution in [0.15, 0.2) is 36.4 Å². The molecule has 2 aromatic rings. The fraction of sp³-hybridized carbons (Fsp3) is 0.360. The molecule has 2 aromatic carbocycles. The number of rotatable bonds is 3. The summed E-state index contributed by atoms with van der Waals surface area (Å²) in [5, 5.41) is 2.27. The summed E-state index contributed by atoms with van der Waals surface area (Å²) in [5.74, 6) is -1.78. The molecule has 34 heavy (non-hydrogen) atoms. The number of imide groups is 1. The molecule has 0 spiro atoms. The van der Waals surface area contributed by atoms with E-state index in [9.17, 15) is 19.2 Å². The Labute approximate surface area is 196 Å². The average Bonchev–Trinajstić information content (AvgIpc) is 3.13. The van der Waals surface area contributed by atoms with Crippen LogP contribution in [0.3, 0.4) is 0 Å². The van der Waals surface area contributed by atoms with Gasteiger partial charge in [0, 0.05) is 50.3 Å². The Morgan fingerprint density at radius 3 is 2.53 bits per heavy atom. The minimum atomic E-state index is -0.736. The van der Waals surface area contributed by atoms with Gasteiger partial charge in [-0.3, -0.25) is 24.5 Å². The Morgan fingerprint density at radius 2 is 1.82 bits per heavy atom. The molecular weight excluding hydrogens is 439 g/mol. The molecule has 1 unspecified atom stereocenters. The number of carbonyl (C=O) groups excluding carboxylic acids is 4. The molecule has 8 nitrogen and oxygen atoms in total. The molecule has 3 heterocycles. The van der Waals surface area contributed by atoms with Gasteiger partial charge in [-0.15, -0.1) is 0 Å². The lowest BCUT2D eigenvalue weighted by atomic mass is 10.0. The summed E-state index contributed by atoms with van der Waals surface area (Å²) >= 11 is 0. The summed E-state index contributed by atoms with van der Waals surface area (Å²) in [6.07, 6.45) is 0.429. The van der Waals surface area contributed by atoms with Gasteiger partial charge >= 0.3 is 0 Å². The molecular formula is C25H25FN4O4. The van der Waals surface area contributed by atoms with Crippen LogP contribution in [0.25, 0.3) is 0 Å². The fourth-order valence-electron chi connectivity index (χ4n) is 4.93. The van der Waals surface area contributed by atoms with Crippen LogP contribution in [0.2, 0.25) is 0 Å². The topological polar surface area (TPSA) is 90.0 Å². The molecule has 5 rings (SSSR count). The van der Waals surface area contributed by atoms with Crippen LogP contribution in [0, 0.1) is 12.7 Å². The number of hydrogen-bond acceptors (Lipinski definition) is 5. The highest BCUT2D eigenvalue weighted by Crippen LogP contribution is 2.33. The predicted molar refractivity (Wildman–Crippen MR) is 122 cm³/mol. The van der Waals surface area contributed by atoms with E-state index < -0.39 is 23.7 Å². The molecule has 4 amide bonds. The first kappa shape index (κ1) is 22.1. The molecule has 176 valence electrons. The van der Waals surface area contributed by atoms with E-state index >= 15 is 4.39 Å². The minimum Gasteiger partial charge on any atom is -0.366 e. The molecule has 3 aliphatic rings. The molecule has 0 aromatic heterocycles. The number of fused-ring (bicyclic) bond motifs is 1.